The van der Waals surface area contributed by atoms with Gasteiger partial charge in [0, 0.05) is 24.0 Å². The van der Waals surface area contributed by atoms with Crippen LogP contribution in [0.5, 0.6) is 0 Å². The number of aromatic nitrogens is 3. The molecule has 0 aliphatic carbocycles. The van der Waals surface area contributed by atoms with Gasteiger partial charge in [0.1, 0.15) is 5.52 Å². The minimum Gasteiger partial charge on any atom is -0.326 e. The normalized spacial score (nSPS) is 13.0. The third kappa shape index (κ3) is 3.11. The van der Waals surface area contributed by atoms with Crippen LogP contribution >= 0.6 is 0 Å². The third-order valence-electron chi connectivity index (χ3n) is 5.84. The molecule has 0 fully saturated rings. The molecule has 8 heteroatoms. The number of rotatable bonds is 4. The number of fused-ring (bicyclic) bond motifs is 5. The van der Waals surface area contributed by atoms with Gasteiger partial charge in [-0.3, -0.25) is 19.7 Å². The molecule has 0 saturated carbocycles. The van der Waals surface area contributed by atoms with E-state index in [-0.39, 0.29) is 17.9 Å². The summed E-state index contributed by atoms with van der Waals surface area (Å²) in [6.45, 7) is 0.410. The molecule has 3 heterocycles. The van der Waals surface area contributed by atoms with E-state index in [1.807, 2.05) is 53.1 Å². The number of benzene rings is 3. The molecule has 0 atom stereocenters. The van der Waals surface area contributed by atoms with Crippen LogP contribution in [0.1, 0.15) is 27.1 Å². The fraction of sp³-hybridized carbons (Fsp3) is 0.0800. The van der Waals surface area contributed by atoms with Gasteiger partial charge in [-0.05, 0) is 36.4 Å². The zero-order chi connectivity index (χ0) is 22.5. The lowest BCUT2D eigenvalue weighted by molar-refractivity contribution is -0.116. The second-order valence-electron chi connectivity index (χ2n) is 7.90. The molecule has 0 spiro atoms. The fourth-order valence-corrected chi connectivity index (χ4v) is 4.29. The molecule has 1 aliphatic rings. The maximum atomic E-state index is 12.7. The minimum absolute atomic E-state index is 0.199. The van der Waals surface area contributed by atoms with Crippen LogP contribution in [0.2, 0.25) is 0 Å². The Hall–Kier alpha value is -4.59. The molecule has 5 aromatic rings. The first-order chi connectivity index (χ1) is 16.1. The average molecular weight is 435 g/mol. The fourth-order valence-electron chi connectivity index (χ4n) is 4.29. The molecule has 33 heavy (non-hydrogen) atoms. The van der Waals surface area contributed by atoms with Gasteiger partial charge in [-0.25, -0.2) is 9.97 Å². The molecule has 6 rings (SSSR count). The highest BCUT2D eigenvalue weighted by Crippen LogP contribution is 2.28. The summed E-state index contributed by atoms with van der Waals surface area (Å²) in [4.78, 5) is 45.9. The first kappa shape index (κ1) is 19.1. The van der Waals surface area contributed by atoms with E-state index in [9.17, 15) is 14.4 Å². The molecule has 0 bridgehead atoms. The van der Waals surface area contributed by atoms with Gasteiger partial charge in [0.05, 0.1) is 27.7 Å². The number of nitrogens with one attached hydrogen (secondary N) is 2. The van der Waals surface area contributed by atoms with Crippen LogP contribution in [0.15, 0.2) is 66.7 Å². The molecule has 160 valence electrons. The second-order valence-corrected chi connectivity index (χ2v) is 7.90. The predicted octanol–water partition coefficient (Wildman–Crippen LogP) is 3.65. The number of nitrogens with zero attached hydrogens (tertiary/aromatic N) is 3. The average Bonchev–Trinajstić information content (AvgIpc) is 3.29. The summed E-state index contributed by atoms with van der Waals surface area (Å²) in [5, 5.41) is 6.05. The van der Waals surface area contributed by atoms with E-state index in [4.69, 9.17) is 9.97 Å². The van der Waals surface area contributed by atoms with E-state index >= 15 is 0 Å². The summed E-state index contributed by atoms with van der Waals surface area (Å²) < 4.78 is 2.01. The van der Waals surface area contributed by atoms with Crippen LogP contribution in [0, 0.1) is 0 Å². The summed E-state index contributed by atoms with van der Waals surface area (Å²) in [6.07, 6.45) is 0.199. The third-order valence-corrected chi connectivity index (χ3v) is 5.84. The smallest absolute Gasteiger partial charge is 0.259 e. The Labute approximate surface area is 187 Å². The number of aryl methyl sites for hydroxylation is 1. The van der Waals surface area contributed by atoms with Crippen LogP contribution < -0.4 is 10.6 Å². The van der Waals surface area contributed by atoms with Crippen molar-refractivity contribution < 1.29 is 14.4 Å². The van der Waals surface area contributed by atoms with E-state index in [0.717, 1.165) is 33.1 Å². The number of carbonyl (C=O) groups excluding carboxylic acids is 3. The van der Waals surface area contributed by atoms with Crippen molar-refractivity contribution in [2.75, 3.05) is 5.32 Å². The highest BCUT2D eigenvalue weighted by Gasteiger charge is 2.26. The van der Waals surface area contributed by atoms with Crippen molar-refractivity contribution in [3.8, 4) is 0 Å². The van der Waals surface area contributed by atoms with Crippen molar-refractivity contribution in [3.63, 3.8) is 0 Å². The molecule has 0 unspecified atom stereocenters. The Morgan fingerprint density at radius 1 is 0.879 bits per heavy atom. The molecule has 2 N–H and O–H groups in total. The summed E-state index contributed by atoms with van der Waals surface area (Å²) in [5.74, 6) is -1.09. The molecular formula is C25H17N5O3. The van der Waals surface area contributed by atoms with E-state index in [0.29, 0.717) is 17.8 Å². The van der Waals surface area contributed by atoms with Gasteiger partial charge in [-0.2, -0.15) is 0 Å². The Kier molecular flexibility index (Phi) is 4.19. The van der Waals surface area contributed by atoms with Gasteiger partial charge in [-0.15, -0.1) is 0 Å². The highest BCUT2D eigenvalue weighted by molar-refractivity contribution is 6.22. The number of para-hydroxylation sites is 3. The quantitative estimate of drug-likeness (QED) is 0.419. The monoisotopic (exact) mass is 435 g/mol. The molecule has 0 radical (unpaired) electrons. The van der Waals surface area contributed by atoms with E-state index in [1.165, 1.54) is 6.07 Å². The van der Waals surface area contributed by atoms with Gasteiger partial charge >= 0.3 is 0 Å². The molecule has 3 amide bonds. The Balaban J connectivity index is 1.30. The van der Waals surface area contributed by atoms with Gasteiger partial charge < -0.3 is 9.88 Å². The predicted molar refractivity (Wildman–Crippen MR) is 124 cm³/mol. The SMILES string of the molecule is O=C(CCn1c2ccccc2c2nc3ccccc3nc21)Nc1ccc2c(c1)C(=O)NC2=O. The number of hydrogen-bond donors (Lipinski definition) is 2. The van der Waals surface area contributed by atoms with Crippen molar-refractivity contribution >= 4 is 56.5 Å². The first-order valence-electron chi connectivity index (χ1n) is 10.5. The van der Waals surface area contributed by atoms with Crippen molar-refractivity contribution in [2.24, 2.45) is 0 Å². The number of imide groups is 1. The number of amides is 3. The maximum Gasteiger partial charge on any atom is 0.259 e. The van der Waals surface area contributed by atoms with Crippen LogP contribution in [-0.2, 0) is 11.3 Å². The van der Waals surface area contributed by atoms with Crippen LogP contribution in [0.4, 0.5) is 5.69 Å². The maximum absolute atomic E-state index is 12.7. The topological polar surface area (TPSA) is 106 Å². The number of carbonyl (C=O) groups is 3. The summed E-state index contributed by atoms with van der Waals surface area (Å²) in [7, 11) is 0. The first-order valence-corrected chi connectivity index (χ1v) is 10.5. The zero-order valence-electron chi connectivity index (χ0n) is 17.3. The van der Waals surface area contributed by atoms with Crippen LogP contribution in [0.25, 0.3) is 33.1 Å². The molecule has 1 aliphatic heterocycles. The standard InChI is InChI=1S/C25H17N5O3/c31-21(26-14-9-10-15-17(13-14)25(33)29-24(15)32)11-12-30-20-8-4-1-5-16(20)22-23(30)28-19-7-3-2-6-18(19)27-22/h1-10,13H,11-12H2,(H,26,31)(H,29,32,33). The molecular weight excluding hydrogens is 418 g/mol. The highest BCUT2D eigenvalue weighted by atomic mass is 16.2. The Bertz CT molecular complexity index is 1640. The van der Waals surface area contributed by atoms with Gasteiger partial charge in [0.2, 0.25) is 5.91 Å². The van der Waals surface area contributed by atoms with Crippen molar-refractivity contribution in [3.05, 3.63) is 77.9 Å². The summed E-state index contributed by atoms with van der Waals surface area (Å²) >= 11 is 0. The van der Waals surface area contributed by atoms with Gasteiger partial charge in [0.15, 0.2) is 5.65 Å². The summed E-state index contributed by atoms with van der Waals surface area (Å²) in [6, 6.07) is 20.3. The van der Waals surface area contributed by atoms with Crippen molar-refractivity contribution in [1.29, 1.82) is 0 Å². The van der Waals surface area contributed by atoms with Crippen molar-refractivity contribution in [2.45, 2.75) is 13.0 Å². The summed E-state index contributed by atoms with van der Waals surface area (Å²) in [5.41, 5.74) is 5.17. The van der Waals surface area contributed by atoms with E-state index in [1.54, 1.807) is 12.1 Å². The second kappa shape index (κ2) is 7.23. The lowest BCUT2D eigenvalue weighted by Gasteiger charge is -2.09. The minimum atomic E-state index is -0.456. The van der Waals surface area contributed by atoms with Gasteiger partial charge in [-0.1, -0.05) is 30.3 Å². The van der Waals surface area contributed by atoms with Crippen LogP contribution in [0.3, 0.4) is 0 Å². The van der Waals surface area contributed by atoms with E-state index in [2.05, 4.69) is 10.6 Å². The largest absolute Gasteiger partial charge is 0.326 e. The van der Waals surface area contributed by atoms with Gasteiger partial charge in [0.25, 0.3) is 11.8 Å². The lowest BCUT2D eigenvalue weighted by Crippen LogP contribution is -2.19. The Morgan fingerprint density at radius 2 is 1.61 bits per heavy atom. The molecule has 2 aromatic heterocycles. The Morgan fingerprint density at radius 3 is 2.45 bits per heavy atom. The van der Waals surface area contributed by atoms with Crippen LogP contribution in [-0.4, -0.2) is 32.3 Å². The number of hydrogen-bond acceptors (Lipinski definition) is 5. The van der Waals surface area contributed by atoms with Crippen molar-refractivity contribution in [1.82, 2.24) is 19.9 Å². The molecule has 3 aromatic carbocycles. The number of anilines is 1. The zero-order valence-corrected chi connectivity index (χ0v) is 17.3. The lowest BCUT2D eigenvalue weighted by atomic mass is 10.1. The molecule has 0 saturated heterocycles. The molecule has 8 nitrogen and oxygen atoms in total. The van der Waals surface area contributed by atoms with E-state index < -0.39 is 11.8 Å².